The van der Waals surface area contributed by atoms with E-state index in [0.717, 1.165) is 51.4 Å². The fourth-order valence-corrected chi connectivity index (χ4v) is 9.39. The number of fused-ring (bicyclic) bond motifs is 7. The van der Waals surface area contributed by atoms with Gasteiger partial charge in [0.25, 0.3) is 0 Å². The first-order valence-electron chi connectivity index (χ1n) is 15.5. The number of benzene rings is 1. The van der Waals surface area contributed by atoms with Gasteiger partial charge >= 0.3 is 12.2 Å². The molecule has 14 heteroatoms. The van der Waals surface area contributed by atoms with Crippen molar-refractivity contribution < 1.29 is 26.7 Å². The van der Waals surface area contributed by atoms with E-state index >= 15 is 4.39 Å². The van der Waals surface area contributed by atoms with Gasteiger partial charge in [-0.3, -0.25) is 4.90 Å². The van der Waals surface area contributed by atoms with Crippen molar-refractivity contribution >= 4 is 34.1 Å². The molecule has 0 radical (unpaired) electrons. The minimum Gasteiger partial charge on any atom is -0.461 e. The van der Waals surface area contributed by atoms with Crippen LogP contribution in [0.25, 0.3) is 22.2 Å². The smallest absolute Gasteiger partial charge is 0.418 e. The maximum absolute atomic E-state index is 16.8. The van der Waals surface area contributed by atoms with Crippen LogP contribution in [-0.2, 0) is 6.18 Å². The highest BCUT2D eigenvalue weighted by Crippen LogP contribution is 2.52. The number of nitrogens with two attached hydrogens (primary N) is 1. The van der Waals surface area contributed by atoms with Gasteiger partial charge in [0.2, 0.25) is 0 Å². The van der Waals surface area contributed by atoms with Gasteiger partial charge in [-0.15, -0.1) is 0 Å². The SMILES string of the molecule is Cc1cc(N)nc(-c2c(Cl)cc3c(N4C5CC[C@@H]4[C@@H]4CNC[C@H]54)nc(OC[C@]45CCCN4C[C@H](F)C5)nc3c2F)c1C(F)(F)F. The standard InChI is InChI=1S/C31H33ClF5N7O/c1-14-7-22(38)40-27(24(14)31(35,36)37)23-19(32)8-16-26(25(23)34)41-29(45-13-30-5-2-6-43(30)12-15(33)9-30)42-28(16)44-20-3-4-21(44)18-11-39-10-17(18)20/h7-8,15,17-18,20-21,39H,2-6,9-13H2,1H3,(H2,38,40)/t15-,17-,18+,20-,21?,30-/m1/s1. The number of ether oxygens (including phenoxy) is 1. The first kappa shape index (κ1) is 29.4. The molecular formula is C31H33ClF5N7O. The second kappa shape index (κ2) is 10.2. The van der Waals surface area contributed by atoms with Gasteiger partial charge in [0.1, 0.15) is 29.9 Å². The molecule has 0 spiro atoms. The Morgan fingerprint density at radius 2 is 1.87 bits per heavy atom. The van der Waals surface area contributed by atoms with Crippen molar-refractivity contribution in [1.29, 1.82) is 0 Å². The highest BCUT2D eigenvalue weighted by Gasteiger charge is 2.56. The van der Waals surface area contributed by atoms with Gasteiger partial charge in [-0.25, -0.2) is 13.8 Å². The van der Waals surface area contributed by atoms with E-state index in [-0.39, 0.29) is 52.0 Å². The van der Waals surface area contributed by atoms with Crippen LogP contribution in [0.1, 0.15) is 43.2 Å². The molecular weight excluding hydrogens is 617 g/mol. The number of nitrogens with one attached hydrogen (secondary N) is 1. The van der Waals surface area contributed by atoms with Crippen LogP contribution in [0.3, 0.4) is 0 Å². The molecule has 7 heterocycles. The first-order valence-corrected chi connectivity index (χ1v) is 15.9. The van der Waals surface area contributed by atoms with Gasteiger partial charge in [-0.1, -0.05) is 11.6 Å². The normalized spacial score (nSPS) is 30.9. The van der Waals surface area contributed by atoms with E-state index in [4.69, 9.17) is 27.1 Å². The fourth-order valence-electron chi connectivity index (χ4n) is 9.11. The number of hydrogen-bond acceptors (Lipinski definition) is 8. The fraction of sp³-hybridized carbons (Fsp3) is 0.581. The zero-order chi connectivity index (χ0) is 31.4. The average Bonchev–Trinajstić information content (AvgIpc) is 3.76. The third-order valence-corrected chi connectivity index (χ3v) is 11.1. The summed E-state index contributed by atoms with van der Waals surface area (Å²) < 4.78 is 80.3. The predicted molar refractivity (Wildman–Crippen MR) is 160 cm³/mol. The van der Waals surface area contributed by atoms with Gasteiger partial charge in [0.05, 0.1) is 27.4 Å². The largest absolute Gasteiger partial charge is 0.461 e. The molecule has 0 saturated carbocycles. The molecule has 1 unspecified atom stereocenters. The molecule has 5 aliphatic heterocycles. The molecule has 2 aromatic heterocycles. The summed E-state index contributed by atoms with van der Waals surface area (Å²) in [5.74, 6) is -0.00871. The average molecular weight is 650 g/mol. The quantitative estimate of drug-likeness (QED) is 0.349. The molecule has 1 aromatic carbocycles. The summed E-state index contributed by atoms with van der Waals surface area (Å²) in [5, 5.41) is 3.52. The van der Waals surface area contributed by atoms with Crippen LogP contribution < -0.4 is 20.7 Å². The van der Waals surface area contributed by atoms with E-state index in [1.807, 2.05) is 0 Å². The summed E-state index contributed by atoms with van der Waals surface area (Å²) in [7, 11) is 0. The van der Waals surface area contributed by atoms with Gasteiger partial charge < -0.3 is 20.7 Å². The van der Waals surface area contributed by atoms with Gasteiger partial charge in [0.15, 0.2) is 5.82 Å². The number of hydrogen-bond donors (Lipinski definition) is 2. The van der Waals surface area contributed by atoms with Crippen molar-refractivity contribution in [3.05, 3.63) is 34.1 Å². The van der Waals surface area contributed by atoms with Crippen LogP contribution in [0.4, 0.5) is 33.6 Å². The maximum atomic E-state index is 16.8. The molecule has 5 saturated heterocycles. The summed E-state index contributed by atoms with van der Waals surface area (Å²) in [6.07, 6.45) is -1.92. The molecule has 0 aliphatic carbocycles. The Labute approximate surface area is 261 Å². The van der Waals surface area contributed by atoms with Crippen LogP contribution in [0.15, 0.2) is 12.1 Å². The van der Waals surface area contributed by atoms with Gasteiger partial charge in [-0.05, 0) is 68.7 Å². The Hall–Kier alpha value is -3.03. The number of aryl methyl sites for hydroxylation is 1. The number of rotatable bonds is 5. The van der Waals surface area contributed by atoms with Crippen LogP contribution in [-0.4, -0.2) is 76.4 Å². The van der Waals surface area contributed by atoms with Crippen LogP contribution >= 0.6 is 11.6 Å². The molecule has 2 bridgehead atoms. The lowest BCUT2D eigenvalue weighted by Crippen LogP contribution is -2.43. The van der Waals surface area contributed by atoms with Crippen LogP contribution in [0, 0.1) is 24.6 Å². The number of pyridine rings is 1. The lowest BCUT2D eigenvalue weighted by atomic mass is 9.82. The minimum absolute atomic E-state index is 0.101. The van der Waals surface area contributed by atoms with E-state index in [0.29, 0.717) is 30.6 Å². The van der Waals surface area contributed by atoms with Crippen LogP contribution in [0.5, 0.6) is 6.01 Å². The zero-order valence-electron chi connectivity index (χ0n) is 24.6. The molecule has 0 amide bonds. The number of aromatic nitrogens is 3. The van der Waals surface area contributed by atoms with E-state index in [1.54, 1.807) is 0 Å². The zero-order valence-corrected chi connectivity index (χ0v) is 25.4. The molecule has 8 nitrogen and oxygen atoms in total. The second-order valence-electron chi connectivity index (χ2n) is 13.3. The summed E-state index contributed by atoms with van der Waals surface area (Å²) >= 11 is 6.65. The molecule has 5 fully saturated rings. The highest BCUT2D eigenvalue weighted by molar-refractivity contribution is 6.34. The molecule has 6 atom stereocenters. The van der Waals surface area contributed by atoms with Crippen molar-refractivity contribution in [1.82, 2.24) is 25.2 Å². The molecule has 8 rings (SSSR count). The third-order valence-electron chi connectivity index (χ3n) is 10.8. The number of anilines is 2. The number of halogens is 6. The molecule has 3 N–H and O–H groups in total. The van der Waals surface area contributed by atoms with Crippen molar-refractivity contribution in [3.8, 4) is 17.3 Å². The van der Waals surface area contributed by atoms with E-state index in [2.05, 4.69) is 25.1 Å². The Morgan fingerprint density at radius 1 is 1.13 bits per heavy atom. The summed E-state index contributed by atoms with van der Waals surface area (Å²) in [6, 6.07) is 2.74. The number of nitrogens with zero attached hydrogens (tertiary/aromatic N) is 5. The van der Waals surface area contributed by atoms with Gasteiger partial charge in [-0.2, -0.15) is 23.1 Å². The van der Waals surface area contributed by atoms with Crippen molar-refractivity contribution in [3.63, 3.8) is 0 Å². The molecule has 45 heavy (non-hydrogen) atoms. The minimum atomic E-state index is -4.85. The number of alkyl halides is 4. The molecule has 240 valence electrons. The Balaban J connectivity index is 1.29. The van der Waals surface area contributed by atoms with Crippen molar-refractivity contribution in [2.75, 3.05) is 43.4 Å². The van der Waals surface area contributed by atoms with Crippen LogP contribution in [0.2, 0.25) is 5.02 Å². The van der Waals surface area contributed by atoms with Gasteiger partial charge in [0, 0.05) is 43.5 Å². The summed E-state index contributed by atoms with van der Waals surface area (Å²) in [6.45, 7) is 4.22. The molecule has 3 aromatic rings. The molecule has 5 aliphatic rings. The van der Waals surface area contributed by atoms with E-state index in [1.165, 1.54) is 13.0 Å². The Kier molecular flexibility index (Phi) is 6.68. The topological polar surface area (TPSA) is 92.4 Å². The second-order valence-corrected chi connectivity index (χ2v) is 13.7. The maximum Gasteiger partial charge on any atom is 0.418 e. The Bertz CT molecular complexity index is 1690. The van der Waals surface area contributed by atoms with Crippen molar-refractivity contribution in [2.45, 2.75) is 69.0 Å². The summed E-state index contributed by atoms with van der Waals surface area (Å²) in [5.41, 5.74) is 2.58. The lowest BCUT2D eigenvalue weighted by Gasteiger charge is -2.31. The Morgan fingerprint density at radius 3 is 2.58 bits per heavy atom. The highest BCUT2D eigenvalue weighted by atomic mass is 35.5. The van der Waals surface area contributed by atoms with Crippen molar-refractivity contribution in [2.24, 2.45) is 11.8 Å². The number of nitrogen functional groups attached to an aromatic ring is 1. The first-order chi connectivity index (χ1) is 21.4. The van der Waals surface area contributed by atoms with E-state index in [9.17, 15) is 17.6 Å². The summed E-state index contributed by atoms with van der Waals surface area (Å²) in [4.78, 5) is 17.5. The van der Waals surface area contributed by atoms with E-state index < -0.39 is 40.5 Å². The predicted octanol–water partition coefficient (Wildman–Crippen LogP) is 5.54. The third kappa shape index (κ3) is 4.47. The lowest BCUT2D eigenvalue weighted by molar-refractivity contribution is -0.137. The monoisotopic (exact) mass is 649 g/mol.